The van der Waals surface area contributed by atoms with Crippen LogP contribution in [-0.2, 0) is 13.6 Å². The number of aryl methyl sites for hydroxylation is 5. The molecule has 0 atom stereocenters. The summed E-state index contributed by atoms with van der Waals surface area (Å²) >= 11 is 0. The van der Waals surface area contributed by atoms with E-state index in [1.807, 2.05) is 48.9 Å². The van der Waals surface area contributed by atoms with E-state index in [2.05, 4.69) is 32.0 Å². The fraction of sp³-hybridized carbons (Fsp3) is 0.240. The fourth-order valence-electron chi connectivity index (χ4n) is 4.38. The minimum Gasteiger partial charge on any atom is -0.283 e. The summed E-state index contributed by atoms with van der Waals surface area (Å²) in [4.78, 5) is 31.3. The van der Waals surface area contributed by atoms with Crippen LogP contribution in [0.1, 0.15) is 27.9 Å². The van der Waals surface area contributed by atoms with Gasteiger partial charge in [-0.15, -0.1) is 0 Å². The lowest BCUT2D eigenvalue weighted by atomic mass is 10.1. The monoisotopic (exact) mass is 427 g/mol. The smallest absolute Gasteiger partial charge is 0.283 e. The highest BCUT2D eigenvalue weighted by Crippen LogP contribution is 2.24. The number of benzene rings is 2. The lowest BCUT2D eigenvalue weighted by molar-refractivity contribution is 0.656. The highest BCUT2D eigenvalue weighted by atomic mass is 16.2. The van der Waals surface area contributed by atoms with Crippen LogP contribution < -0.4 is 11.2 Å². The van der Waals surface area contributed by atoms with Crippen molar-refractivity contribution in [1.29, 1.82) is 0 Å². The van der Waals surface area contributed by atoms with E-state index >= 15 is 0 Å². The maximum atomic E-state index is 13.5. The molecular formula is C25H25N5O2. The van der Waals surface area contributed by atoms with Gasteiger partial charge in [0.25, 0.3) is 5.56 Å². The summed E-state index contributed by atoms with van der Waals surface area (Å²) in [7, 11) is 1.66. The second-order valence-electron chi connectivity index (χ2n) is 8.57. The van der Waals surface area contributed by atoms with Crippen molar-refractivity contribution in [1.82, 2.24) is 23.1 Å². The molecule has 3 heterocycles. The molecule has 2 aromatic carbocycles. The third-order valence-electron chi connectivity index (χ3n) is 6.08. The number of rotatable bonds is 3. The first-order chi connectivity index (χ1) is 15.3. The van der Waals surface area contributed by atoms with Crippen LogP contribution in [0.15, 0.2) is 58.3 Å². The predicted molar refractivity (Wildman–Crippen MR) is 126 cm³/mol. The molecule has 0 N–H and O–H groups in total. The Kier molecular flexibility index (Phi) is 4.44. The summed E-state index contributed by atoms with van der Waals surface area (Å²) in [6.45, 7) is 8.33. The molecule has 0 spiro atoms. The van der Waals surface area contributed by atoms with Gasteiger partial charge in [0.05, 0.1) is 12.2 Å². The summed E-state index contributed by atoms with van der Waals surface area (Å²) < 4.78 is 6.57. The van der Waals surface area contributed by atoms with Crippen molar-refractivity contribution in [2.45, 2.75) is 34.2 Å². The molecule has 32 heavy (non-hydrogen) atoms. The minimum atomic E-state index is -0.376. The zero-order chi connectivity index (χ0) is 22.7. The van der Waals surface area contributed by atoms with Crippen molar-refractivity contribution in [3.8, 4) is 5.69 Å². The van der Waals surface area contributed by atoms with Crippen LogP contribution >= 0.6 is 0 Å². The number of nitrogens with zero attached hydrogens (tertiary/aromatic N) is 5. The van der Waals surface area contributed by atoms with Crippen LogP contribution in [0.25, 0.3) is 22.6 Å². The van der Waals surface area contributed by atoms with Crippen molar-refractivity contribution in [3.63, 3.8) is 0 Å². The van der Waals surface area contributed by atoms with Gasteiger partial charge in [-0.25, -0.2) is 4.79 Å². The first-order valence-electron chi connectivity index (χ1n) is 10.6. The third-order valence-corrected chi connectivity index (χ3v) is 6.08. The van der Waals surface area contributed by atoms with Gasteiger partial charge in [-0.05, 0) is 44.9 Å². The Bertz CT molecular complexity index is 1630. The van der Waals surface area contributed by atoms with E-state index in [0.29, 0.717) is 16.9 Å². The maximum absolute atomic E-state index is 13.5. The Morgan fingerprint density at radius 2 is 1.59 bits per heavy atom. The molecule has 0 saturated heterocycles. The van der Waals surface area contributed by atoms with Crippen molar-refractivity contribution >= 4 is 16.9 Å². The zero-order valence-corrected chi connectivity index (χ0v) is 18.9. The Morgan fingerprint density at radius 1 is 0.906 bits per heavy atom. The average molecular weight is 428 g/mol. The molecule has 0 unspecified atom stereocenters. The Morgan fingerprint density at radius 3 is 2.28 bits per heavy atom. The summed E-state index contributed by atoms with van der Waals surface area (Å²) in [5.74, 6) is 0.615. The molecule has 3 aromatic heterocycles. The molecule has 5 rings (SSSR count). The molecule has 7 heteroatoms. The highest BCUT2D eigenvalue weighted by Gasteiger charge is 2.21. The molecule has 0 fully saturated rings. The van der Waals surface area contributed by atoms with Crippen molar-refractivity contribution in [2.24, 2.45) is 7.05 Å². The van der Waals surface area contributed by atoms with Gasteiger partial charge in [0.2, 0.25) is 5.78 Å². The largest absolute Gasteiger partial charge is 0.332 e. The standard InChI is InChI=1S/C25H25N5O2/c1-15-6-9-19(10-7-15)14-29-23(31)21-22(27(5)25(29)32)26-24-28(21)13-18(4)30(24)20-11-8-16(2)12-17(20)3/h6-13H,14H2,1-5H3. The average Bonchev–Trinajstić information content (AvgIpc) is 3.26. The van der Waals surface area contributed by atoms with Gasteiger partial charge in [0.15, 0.2) is 11.2 Å². The van der Waals surface area contributed by atoms with Crippen LogP contribution in [0.3, 0.4) is 0 Å². The van der Waals surface area contributed by atoms with Gasteiger partial charge < -0.3 is 0 Å². The highest BCUT2D eigenvalue weighted by molar-refractivity contribution is 5.76. The van der Waals surface area contributed by atoms with Crippen LogP contribution in [-0.4, -0.2) is 23.1 Å². The predicted octanol–water partition coefficient (Wildman–Crippen LogP) is 3.42. The first-order valence-corrected chi connectivity index (χ1v) is 10.6. The van der Waals surface area contributed by atoms with Crippen LogP contribution in [0.4, 0.5) is 0 Å². The maximum Gasteiger partial charge on any atom is 0.332 e. The molecule has 5 aromatic rings. The van der Waals surface area contributed by atoms with E-state index < -0.39 is 0 Å². The van der Waals surface area contributed by atoms with Crippen LogP contribution in [0, 0.1) is 27.7 Å². The summed E-state index contributed by atoms with van der Waals surface area (Å²) in [6, 6.07) is 14.1. The van der Waals surface area contributed by atoms with E-state index in [1.165, 1.54) is 14.7 Å². The zero-order valence-electron chi connectivity index (χ0n) is 18.9. The Hall–Kier alpha value is -3.87. The van der Waals surface area contributed by atoms with Crippen LogP contribution in [0.2, 0.25) is 0 Å². The molecule has 0 radical (unpaired) electrons. The van der Waals surface area contributed by atoms with Crippen molar-refractivity contribution < 1.29 is 0 Å². The van der Waals surface area contributed by atoms with Gasteiger partial charge in [-0.1, -0.05) is 47.5 Å². The molecular weight excluding hydrogens is 402 g/mol. The summed E-state index contributed by atoms with van der Waals surface area (Å²) in [5, 5.41) is 0. The molecule has 0 aliphatic carbocycles. The summed E-state index contributed by atoms with van der Waals surface area (Å²) in [6.07, 6.45) is 1.91. The Labute approximate surface area is 184 Å². The summed E-state index contributed by atoms with van der Waals surface area (Å²) in [5.41, 5.74) is 6.36. The number of imidazole rings is 2. The van der Waals surface area contributed by atoms with Gasteiger partial charge in [-0.3, -0.25) is 22.9 Å². The van der Waals surface area contributed by atoms with Gasteiger partial charge in [0, 0.05) is 18.9 Å². The van der Waals surface area contributed by atoms with E-state index in [-0.39, 0.29) is 17.8 Å². The molecule has 162 valence electrons. The van der Waals surface area contributed by atoms with Crippen molar-refractivity contribution in [2.75, 3.05) is 0 Å². The Balaban J connectivity index is 1.79. The lowest BCUT2D eigenvalue weighted by Crippen LogP contribution is -2.39. The first kappa shape index (κ1) is 20.1. The van der Waals surface area contributed by atoms with Gasteiger partial charge in [-0.2, -0.15) is 4.98 Å². The molecule has 0 bridgehead atoms. The van der Waals surface area contributed by atoms with E-state index in [9.17, 15) is 9.59 Å². The van der Waals surface area contributed by atoms with E-state index in [0.717, 1.165) is 28.1 Å². The second-order valence-corrected chi connectivity index (χ2v) is 8.57. The van der Waals surface area contributed by atoms with Gasteiger partial charge in [0.1, 0.15) is 0 Å². The molecule has 0 aliphatic rings. The molecule has 0 saturated carbocycles. The number of fused-ring (bicyclic) bond motifs is 3. The van der Waals surface area contributed by atoms with Crippen molar-refractivity contribution in [3.05, 3.63) is 97.4 Å². The van der Waals surface area contributed by atoms with E-state index in [4.69, 9.17) is 4.98 Å². The number of hydrogen-bond donors (Lipinski definition) is 0. The topological polar surface area (TPSA) is 66.2 Å². The number of aromatic nitrogens is 5. The van der Waals surface area contributed by atoms with Gasteiger partial charge >= 0.3 is 5.69 Å². The normalized spacial score (nSPS) is 11.7. The third kappa shape index (κ3) is 2.92. The van der Waals surface area contributed by atoms with E-state index in [1.54, 1.807) is 11.4 Å². The minimum absolute atomic E-state index is 0.214. The van der Waals surface area contributed by atoms with Crippen LogP contribution in [0.5, 0.6) is 0 Å². The SMILES string of the molecule is Cc1ccc(Cn2c(=O)c3c(nc4n(-c5ccc(C)cc5C)c(C)cn34)n(C)c2=O)cc1. The number of hydrogen-bond acceptors (Lipinski definition) is 3. The molecule has 0 aliphatic heterocycles. The lowest BCUT2D eigenvalue weighted by Gasteiger charge is -2.10. The quantitative estimate of drug-likeness (QED) is 0.443. The fourth-order valence-corrected chi connectivity index (χ4v) is 4.38. The molecule has 0 amide bonds. The second kappa shape index (κ2) is 7.09. The molecule has 7 nitrogen and oxygen atoms in total.